The third kappa shape index (κ3) is 5.66. The molecular formula is C18H23ClN4O4. The number of amides is 1. The van der Waals surface area contributed by atoms with Crippen LogP contribution in [0.4, 0.5) is 0 Å². The summed E-state index contributed by atoms with van der Waals surface area (Å²) < 4.78 is 10.6. The molecule has 1 saturated heterocycles. The minimum Gasteiger partial charge on any atom is -0.484 e. The highest BCUT2D eigenvalue weighted by Gasteiger charge is 2.21. The van der Waals surface area contributed by atoms with E-state index in [1.54, 1.807) is 12.1 Å². The van der Waals surface area contributed by atoms with Gasteiger partial charge in [-0.2, -0.15) is 0 Å². The molecule has 8 nitrogen and oxygen atoms in total. The Morgan fingerprint density at radius 2 is 2.30 bits per heavy atom. The summed E-state index contributed by atoms with van der Waals surface area (Å²) in [4.78, 5) is 18.3. The van der Waals surface area contributed by atoms with Gasteiger partial charge in [0.25, 0.3) is 5.91 Å². The number of likely N-dealkylation sites (tertiary alicyclic amines) is 1. The predicted molar refractivity (Wildman–Crippen MR) is 98.7 cm³/mol. The van der Waals surface area contributed by atoms with Crippen molar-refractivity contribution in [3.05, 3.63) is 41.0 Å². The monoisotopic (exact) mass is 394 g/mol. The highest BCUT2D eigenvalue weighted by molar-refractivity contribution is 6.30. The van der Waals surface area contributed by atoms with Gasteiger partial charge in [0.2, 0.25) is 0 Å². The van der Waals surface area contributed by atoms with Crippen LogP contribution in [0.2, 0.25) is 5.02 Å². The molecule has 9 heteroatoms. The fourth-order valence-electron chi connectivity index (χ4n) is 3.08. The molecule has 2 N–H and O–H groups in total. The van der Waals surface area contributed by atoms with Gasteiger partial charge >= 0.3 is 0 Å². The summed E-state index contributed by atoms with van der Waals surface area (Å²) in [5.74, 6) is 0.633. The van der Waals surface area contributed by atoms with Crippen LogP contribution in [0.25, 0.3) is 0 Å². The lowest BCUT2D eigenvalue weighted by Gasteiger charge is -2.34. The number of piperidine rings is 1. The molecule has 27 heavy (non-hydrogen) atoms. The zero-order valence-corrected chi connectivity index (χ0v) is 15.7. The Morgan fingerprint density at radius 1 is 1.41 bits per heavy atom. The molecule has 0 aromatic carbocycles. The zero-order valence-electron chi connectivity index (χ0n) is 14.9. The van der Waals surface area contributed by atoms with Crippen molar-refractivity contribution < 1.29 is 19.2 Å². The van der Waals surface area contributed by atoms with Crippen molar-refractivity contribution in [2.24, 2.45) is 0 Å². The fraction of sp³-hybridized carbons (Fsp3) is 0.500. The third-order valence-electron chi connectivity index (χ3n) is 4.50. The number of hydrogen-bond donors (Lipinski definition) is 2. The zero-order chi connectivity index (χ0) is 19.1. The summed E-state index contributed by atoms with van der Waals surface area (Å²) in [7, 11) is 0. The van der Waals surface area contributed by atoms with Crippen molar-refractivity contribution in [3.8, 4) is 5.75 Å². The first-order valence-corrected chi connectivity index (χ1v) is 9.35. The smallest absolute Gasteiger partial charge is 0.273 e. The lowest BCUT2D eigenvalue weighted by atomic mass is 10.0. The summed E-state index contributed by atoms with van der Waals surface area (Å²) in [5.41, 5.74) is 0.204. The number of pyridine rings is 1. The Balaban J connectivity index is 1.44. The Morgan fingerprint density at radius 3 is 3.11 bits per heavy atom. The van der Waals surface area contributed by atoms with Crippen LogP contribution in [0.15, 0.2) is 29.0 Å². The number of aromatic nitrogens is 2. The van der Waals surface area contributed by atoms with E-state index >= 15 is 0 Å². The SMILES string of the molecule is O=C(NCCN1CCCCC1CO)c1cc(COc2cncc(Cl)c2)on1. The lowest BCUT2D eigenvalue weighted by Crippen LogP contribution is -2.45. The summed E-state index contributed by atoms with van der Waals surface area (Å²) in [6, 6.07) is 3.37. The van der Waals surface area contributed by atoms with Crippen molar-refractivity contribution in [2.45, 2.75) is 31.9 Å². The summed E-state index contributed by atoms with van der Waals surface area (Å²) >= 11 is 5.85. The van der Waals surface area contributed by atoms with Crippen molar-refractivity contribution in [2.75, 3.05) is 26.2 Å². The average Bonchev–Trinajstić information content (AvgIpc) is 3.16. The van der Waals surface area contributed by atoms with Crippen LogP contribution < -0.4 is 10.1 Å². The second-order valence-corrected chi connectivity index (χ2v) is 6.87. The number of halogens is 1. The topological polar surface area (TPSA) is 101 Å². The minimum absolute atomic E-state index is 0.119. The predicted octanol–water partition coefficient (Wildman–Crippen LogP) is 1.88. The Kier molecular flexibility index (Phi) is 7.03. The summed E-state index contributed by atoms with van der Waals surface area (Å²) in [6.45, 7) is 2.41. The van der Waals surface area contributed by atoms with Gasteiger partial charge in [-0.05, 0) is 19.4 Å². The molecular weight excluding hydrogens is 372 g/mol. The summed E-state index contributed by atoms with van der Waals surface area (Å²) in [6.07, 6.45) is 6.32. The molecule has 1 aliphatic heterocycles. The molecule has 0 radical (unpaired) electrons. The van der Waals surface area contributed by atoms with Crippen molar-refractivity contribution in [1.29, 1.82) is 0 Å². The minimum atomic E-state index is -0.299. The first-order chi connectivity index (χ1) is 13.2. The molecule has 0 bridgehead atoms. The quantitative estimate of drug-likeness (QED) is 0.704. The Labute approximate surface area is 162 Å². The lowest BCUT2D eigenvalue weighted by molar-refractivity contribution is 0.0845. The van der Waals surface area contributed by atoms with E-state index < -0.39 is 0 Å². The molecule has 0 aliphatic carbocycles. The maximum Gasteiger partial charge on any atom is 0.273 e. The summed E-state index contributed by atoms with van der Waals surface area (Å²) in [5, 5.41) is 16.5. The van der Waals surface area contributed by atoms with Gasteiger partial charge in [-0.15, -0.1) is 0 Å². The number of aliphatic hydroxyl groups is 1. The van der Waals surface area contributed by atoms with Gasteiger partial charge in [-0.3, -0.25) is 14.7 Å². The molecule has 0 saturated carbocycles. The maximum atomic E-state index is 12.2. The van der Waals surface area contributed by atoms with E-state index in [0.717, 1.165) is 25.8 Å². The highest BCUT2D eigenvalue weighted by Crippen LogP contribution is 2.17. The molecule has 1 fully saturated rings. The molecule has 1 aliphatic rings. The molecule has 1 amide bonds. The van der Waals surface area contributed by atoms with Gasteiger partial charge in [-0.1, -0.05) is 23.2 Å². The fourth-order valence-corrected chi connectivity index (χ4v) is 3.24. The number of carbonyl (C=O) groups excluding carboxylic acids is 1. The van der Waals surface area contributed by atoms with E-state index in [1.165, 1.54) is 12.4 Å². The molecule has 146 valence electrons. The van der Waals surface area contributed by atoms with Crippen LogP contribution in [0.1, 0.15) is 35.5 Å². The van der Waals surface area contributed by atoms with Gasteiger partial charge in [0.1, 0.15) is 12.4 Å². The molecule has 0 spiro atoms. The standard InChI is InChI=1S/C18H23ClN4O4/c19-13-7-15(10-20-9-13)26-12-16-8-17(22-27-16)18(25)21-4-6-23-5-2-1-3-14(23)11-24/h7-10,14,24H,1-6,11-12H2,(H,21,25). The maximum absolute atomic E-state index is 12.2. The van der Waals surface area contributed by atoms with Crippen LogP contribution in [-0.2, 0) is 6.61 Å². The van der Waals surface area contributed by atoms with E-state index in [1.807, 2.05) is 0 Å². The second kappa shape index (κ2) is 9.68. The average molecular weight is 395 g/mol. The van der Waals surface area contributed by atoms with E-state index in [0.29, 0.717) is 29.6 Å². The van der Waals surface area contributed by atoms with Crippen LogP contribution >= 0.6 is 11.6 Å². The van der Waals surface area contributed by atoms with Crippen LogP contribution in [0.5, 0.6) is 5.75 Å². The number of rotatable bonds is 8. The second-order valence-electron chi connectivity index (χ2n) is 6.43. The number of aliphatic hydroxyl groups excluding tert-OH is 1. The van der Waals surface area contributed by atoms with Gasteiger partial charge in [0, 0.05) is 37.5 Å². The number of nitrogens with one attached hydrogen (secondary N) is 1. The normalized spacial score (nSPS) is 17.6. The van der Waals surface area contributed by atoms with Crippen LogP contribution in [-0.4, -0.2) is 58.3 Å². The van der Waals surface area contributed by atoms with Crippen molar-refractivity contribution >= 4 is 17.5 Å². The van der Waals surface area contributed by atoms with Crippen molar-refractivity contribution in [1.82, 2.24) is 20.4 Å². The first-order valence-electron chi connectivity index (χ1n) is 8.98. The number of nitrogens with zero attached hydrogens (tertiary/aromatic N) is 3. The van der Waals surface area contributed by atoms with E-state index in [-0.39, 0.29) is 30.9 Å². The third-order valence-corrected chi connectivity index (χ3v) is 4.70. The van der Waals surface area contributed by atoms with Crippen LogP contribution in [0, 0.1) is 0 Å². The van der Waals surface area contributed by atoms with Gasteiger partial charge in [-0.25, -0.2) is 0 Å². The van der Waals surface area contributed by atoms with E-state index in [9.17, 15) is 9.90 Å². The molecule has 3 heterocycles. The van der Waals surface area contributed by atoms with Crippen molar-refractivity contribution in [3.63, 3.8) is 0 Å². The van der Waals surface area contributed by atoms with Gasteiger partial charge < -0.3 is 19.7 Å². The first kappa shape index (κ1) is 19.6. The molecule has 2 aromatic heterocycles. The largest absolute Gasteiger partial charge is 0.484 e. The van der Waals surface area contributed by atoms with E-state index in [2.05, 4.69) is 20.4 Å². The number of hydrogen-bond acceptors (Lipinski definition) is 7. The molecule has 3 rings (SSSR count). The van der Waals surface area contributed by atoms with Gasteiger partial charge in [0.15, 0.2) is 11.5 Å². The van der Waals surface area contributed by atoms with E-state index in [4.69, 9.17) is 20.9 Å². The Bertz CT molecular complexity index is 754. The Hall–Kier alpha value is -2.16. The highest BCUT2D eigenvalue weighted by atomic mass is 35.5. The van der Waals surface area contributed by atoms with Gasteiger partial charge in [0.05, 0.1) is 17.8 Å². The number of ether oxygens (including phenoxy) is 1. The van der Waals surface area contributed by atoms with Crippen LogP contribution in [0.3, 0.4) is 0 Å². The molecule has 2 aromatic rings. The molecule has 1 unspecified atom stereocenters. The molecule has 1 atom stereocenters. The number of carbonyl (C=O) groups is 1.